The van der Waals surface area contributed by atoms with Crippen molar-refractivity contribution in [2.45, 2.75) is 65.1 Å². The SMILES string of the molecule is COC(=O)c1ccc([C@@H](C)N2C(=O)C(c3cc(Cl)cc(Cl)c3)=NC23CCC(C(C)(C)C)CC3)cc1. The van der Waals surface area contributed by atoms with Crippen molar-refractivity contribution in [3.8, 4) is 0 Å². The van der Waals surface area contributed by atoms with E-state index in [0.717, 1.165) is 31.2 Å². The van der Waals surface area contributed by atoms with Crippen LogP contribution in [0.25, 0.3) is 0 Å². The van der Waals surface area contributed by atoms with Gasteiger partial charge in [0.25, 0.3) is 5.91 Å². The second-order valence-corrected chi connectivity index (χ2v) is 11.6. The first-order valence-corrected chi connectivity index (χ1v) is 12.8. The van der Waals surface area contributed by atoms with E-state index in [1.807, 2.05) is 24.0 Å². The molecule has 1 amide bonds. The fourth-order valence-corrected chi connectivity index (χ4v) is 6.02. The highest BCUT2D eigenvalue weighted by atomic mass is 35.5. The Morgan fingerprint density at radius 2 is 1.66 bits per heavy atom. The number of halogens is 2. The highest BCUT2D eigenvalue weighted by molar-refractivity contribution is 6.47. The molecule has 2 aromatic rings. The van der Waals surface area contributed by atoms with Gasteiger partial charge in [0.2, 0.25) is 0 Å². The molecule has 0 bridgehead atoms. The van der Waals surface area contributed by atoms with E-state index in [2.05, 4.69) is 20.8 Å². The molecule has 1 spiro atoms. The summed E-state index contributed by atoms with van der Waals surface area (Å²) in [6.45, 7) is 8.86. The number of carbonyl (C=O) groups excluding carboxylic acids is 2. The summed E-state index contributed by atoms with van der Waals surface area (Å²) in [7, 11) is 1.36. The zero-order valence-corrected chi connectivity index (χ0v) is 22.4. The molecule has 2 aliphatic rings. The van der Waals surface area contributed by atoms with Gasteiger partial charge in [0.05, 0.1) is 18.7 Å². The molecule has 186 valence electrons. The molecular formula is C28H32Cl2N2O3. The van der Waals surface area contributed by atoms with Crippen molar-refractivity contribution in [2.24, 2.45) is 16.3 Å². The number of rotatable bonds is 4. The van der Waals surface area contributed by atoms with Gasteiger partial charge in [0.1, 0.15) is 11.4 Å². The topological polar surface area (TPSA) is 59.0 Å². The van der Waals surface area contributed by atoms with Gasteiger partial charge in [-0.3, -0.25) is 9.79 Å². The summed E-state index contributed by atoms with van der Waals surface area (Å²) in [5, 5.41) is 0.941. The summed E-state index contributed by atoms with van der Waals surface area (Å²) in [5.41, 5.74) is 2.04. The van der Waals surface area contributed by atoms with Crippen LogP contribution in [0.2, 0.25) is 10.0 Å². The summed E-state index contributed by atoms with van der Waals surface area (Å²) in [4.78, 5) is 32.9. The molecule has 0 saturated heterocycles. The zero-order valence-electron chi connectivity index (χ0n) is 20.9. The number of benzene rings is 2. The van der Waals surface area contributed by atoms with E-state index >= 15 is 0 Å². The van der Waals surface area contributed by atoms with Crippen LogP contribution >= 0.6 is 23.2 Å². The van der Waals surface area contributed by atoms with Crippen molar-refractivity contribution in [3.63, 3.8) is 0 Å². The Bertz CT molecular complexity index is 1140. The van der Waals surface area contributed by atoms with Crippen LogP contribution in [0.1, 0.15) is 80.9 Å². The smallest absolute Gasteiger partial charge is 0.337 e. The fraction of sp³-hybridized carbons (Fsp3) is 0.464. The van der Waals surface area contributed by atoms with Crippen LogP contribution in [0.5, 0.6) is 0 Å². The summed E-state index contributed by atoms with van der Waals surface area (Å²) >= 11 is 12.5. The van der Waals surface area contributed by atoms with Crippen molar-refractivity contribution >= 4 is 40.8 Å². The predicted molar refractivity (Wildman–Crippen MR) is 140 cm³/mol. The number of carbonyl (C=O) groups is 2. The fourth-order valence-electron chi connectivity index (χ4n) is 5.49. The molecule has 1 aliphatic carbocycles. The van der Waals surface area contributed by atoms with Crippen LogP contribution in [0.3, 0.4) is 0 Å². The number of aliphatic imine (C=N–C) groups is 1. The zero-order chi connectivity index (χ0) is 25.5. The first-order valence-electron chi connectivity index (χ1n) is 12.0. The first-order chi connectivity index (χ1) is 16.4. The maximum Gasteiger partial charge on any atom is 0.337 e. The van der Waals surface area contributed by atoms with Crippen molar-refractivity contribution in [1.82, 2.24) is 4.90 Å². The van der Waals surface area contributed by atoms with Gasteiger partial charge in [-0.1, -0.05) is 56.1 Å². The lowest BCUT2D eigenvalue weighted by Gasteiger charge is -2.46. The number of hydrogen-bond donors (Lipinski definition) is 0. The van der Waals surface area contributed by atoms with E-state index in [9.17, 15) is 9.59 Å². The Balaban J connectivity index is 1.73. The van der Waals surface area contributed by atoms with Gasteiger partial charge in [0.15, 0.2) is 0 Å². The van der Waals surface area contributed by atoms with Crippen LogP contribution in [0.4, 0.5) is 0 Å². The van der Waals surface area contributed by atoms with Gasteiger partial charge in [0, 0.05) is 15.6 Å². The molecule has 0 radical (unpaired) electrons. The third kappa shape index (κ3) is 4.99. The quantitative estimate of drug-likeness (QED) is 0.408. The minimum atomic E-state index is -0.622. The molecule has 1 heterocycles. The Morgan fingerprint density at radius 1 is 1.09 bits per heavy atom. The van der Waals surface area contributed by atoms with E-state index in [1.54, 1.807) is 30.3 Å². The van der Waals surface area contributed by atoms with E-state index < -0.39 is 5.66 Å². The molecule has 0 unspecified atom stereocenters. The van der Waals surface area contributed by atoms with Gasteiger partial charge in [-0.15, -0.1) is 0 Å². The maximum absolute atomic E-state index is 14.0. The lowest BCUT2D eigenvalue weighted by atomic mass is 9.69. The Morgan fingerprint density at radius 3 is 2.17 bits per heavy atom. The van der Waals surface area contributed by atoms with E-state index in [-0.39, 0.29) is 23.3 Å². The Labute approximate surface area is 217 Å². The van der Waals surface area contributed by atoms with E-state index in [0.29, 0.717) is 32.8 Å². The minimum absolute atomic E-state index is 0.123. The molecule has 2 aromatic carbocycles. The molecular weight excluding hydrogens is 483 g/mol. The summed E-state index contributed by atoms with van der Waals surface area (Å²) < 4.78 is 4.82. The Hall–Kier alpha value is -2.37. The van der Waals surface area contributed by atoms with Crippen molar-refractivity contribution in [2.75, 3.05) is 7.11 Å². The molecule has 1 aliphatic heterocycles. The van der Waals surface area contributed by atoms with Crippen molar-refractivity contribution in [1.29, 1.82) is 0 Å². The monoisotopic (exact) mass is 514 g/mol. The number of ether oxygens (including phenoxy) is 1. The number of hydrogen-bond acceptors (Lipinski definition) is 4. The number of amides is 1. The highest BCUT2D eigenvalue weighted by Gasteiger charge is 2.52. The van der Waals surface area contributed by atoms with Crippen LogP contribution in [-0.4, -0.2) is 35.3 Å². The van der Waals surface area contributed by atoms with Gasteiger partial charge >= 0.3 is 5.97 Å². The molecule has 1 atom stereocenters. The number of esters is 1. The van der Waals surface area contributed by atoms with Gasteiger partial charge in [-0.2, -0.15) is 0 Å². The maximum atomic E-state index is 14.0. The number of nitrogens with zero attached hydrogens (tertiary/aromatic N) is 2. The normalized spacial score (nSPS) is 23.4. The second kappa shape index (κ2) is 9.59. The molecule has 4 rings (SSSR count). The molecule has 0 N–H and O–H groups in total. The molecule has 1 saturated carbocycles. The molecule has 0 aromatic heterocycles. The molecule has 1 fully saturated rings. The van der Waals surface area contributed by atoms with Crippen LogP contribution in [0, 0.1) is 11.3 Å². The molecule has 5 nitrogen and oxygen atoms in total. The van der Waals surface area contributed by atoms with E-state index in [1.165, 1.54) is 7.11 Å². The lowest BCUT2D eigenvalue weighted by molar-refractivity contribution is -0.132. The first kappa shape index (κ1) is 25.7. The average Bonchev–Trinajstić information content (AvgIpc) is 3.08. The van der Waals surface area contributed by atoms with Gasteiger partial charge in [-0.05, 0) is 79.8 Å². The van der Waals surface area contributed by atoms with Crippen LogP contribution < -0.4 is 0 Å². The lowest BCUT2D eigenvalue weighted by Crippen LogP contribution is -2.50. The highest BCUT2D eigenvalue weighted by Crippen LogP contribution is 2.49. The summed E-state index contributed by atoms with van der Waals surface area (Å²) in [6.07, 6.45) is 3.58. The molecule has 35 heavy (non-hydrogen) atoms. The van der Waals surface area contributed by atoms with Crippen LogP contribution in [0.15, 0.2) is 47.5 Å². The van der Waals surface area contributed by atoms with Crippen molar-refractivity contribution < 1.29 is 14.3 Å². The predicted octanol–water partition coefficient (Wildman–Crippen LogP) is 7.11. The summed E-state index contributed by atoms with van der Waals surface area (Å²) in [6, 6.07) is 12.1. The van der Waals surface area contributed by atoms with Gasteiger partial charge < -0.3 is 9.64 Å². The third-order valence-corrected chi connectivity index (χ3v) is 7.97. The van der Waals surface area contributed by atoms with Crippen molar-refractivity contribution in [3.05, 3.63) is 69.2 Å². The minimum Gasteiger partial charge on any atom is -0.465 e. The van der Waals surface area contributed by atoms with E-state index in [4.69, 9.17) is 32.9 Å². The number of methoxy groups -OCH3 is 1. The summed E-state index contributed by atoms with van der Waals surface area (Å²) in [5.74, 6) is 0.0588. The Kier molecular flexibility index (Phi) is 7.05. The van der Waals surface area contributed by atoms with Gasteiger partial charge in [-0.25, -0.2) is 4.79 Å². The second-order valence-electron chi connectivity index (χ2n) is 10.7. The standard InChI is InChI=1S/C28H32Cl2N2O3/c1-17(18-6-8-19(9-7-18)26(34)35-5)32-25(33)24(20-14-22(29)16-23(30)15-20)31-28(32)12-10-21(11-13-28)27(2,3)4/h6-9,14-17,21H,10-13H2,1-5H3/t17-,21?,28?/m1/s1. The third-order valence-electron chi connectivity index (χ3n) is 7.54. The largest absolute Gasteiger partial charge is 0.465 e. The molecule has 7 heteroatoms. The van der Waals surface area contributed by atoms with Crippen LogP contribution in [-0.2, 0) is 9.53 Å². The average molecular weight is 515 g/mol.